The fraction of sp³-hybridized carbons (Fsp3) is 0.474. The Labute approximate surface area is 180 Å². The predicted molar refractivity (Wildman–Crippen MR) is 111 cm³/mol. The summed E-state index contributed by atoms with van der Waals surface area (Å²) in [5.41, 5.74) is 0. The Kier molecular flexibility index (Phi) is 6.88. The summed E-state index contributed by atoms with van der Waals surface area (Å²) < 4.78 is 27.2. The highest BCUT2D eigenvalue weighted by molar-refractivity contribution is 7.89. The number of carbonyl (C=O) groups excluding carboxylic acids is 2. The van der Waals surface area contributed by atoms with Crippen LogP contribution in [0.1, 0.15) is 12.8 Å². The van der Waals surface area contributed by atoms with Crippen LogP contribution in [0.2, 0.25) is 10.0 Å². The summed E-state index contributed by atoms with van der Waals surface area (Å²) in [6, 6.07) is 4.57. The number of carbonyl (C=O) groups is 2. The van der Waals surface area contributed by atoms with Gasteiger partial charge in [-0.05, 0) is 31.1 Å². The van der Waals surface area contributed by atoms with E-state index in [0.717, 1.165) is 0 Å². The zero-order valence-corrected chi connectivity index (χ0v) is 18.2. The second-order valence-electron chi connectivity index (χ2n) is 7.08. The van der Waals surface area contributed by atoms with Gasteiger partial charge >= 0.3 is 0 Å². The molecular formula is C19H23Cl2N3O4S. The largest absolute Gasteiger partial charge is 0.340 e. The number of halogens is 2. The van der Waals surface area contributed by atoms with E-state index < -0.39 is 10.0 Å². The summed E-state index contributed by atoms with van der Waals surface area (Å²) in [6.07, 6.45) is 2.49. The van der Waals surface area contributed by atoms with Crippen LogP contribution in [0, 0.1) is 5.92 Å². The summed E-state index contributed by atoms with van der Waals surface area (Å²) in [5, 5.41) is 0.161. The maximum Gasteiger partial charge on any atom is 0.246 e. The Morgan fingerprint density at radius 3 is 2.03 bits per heavy atom. The van der Waals surface area contributed by atoms with Crippen LogP contribution in [-0.4, -0.2) is 73.6 Å². The molecule has 158 valence electrons. The first-order valence-electron chi connectivity index (χ1n) is 9.40. The normalized spacial score (nSPS) is 19.2. The Balaban J connectivity index is 1.60. The number of sulfonamides is 1. The fourth-order valence-corrected chi connectivity index (χ4v) is 6.25. The van der Waals surface area contributed by atoms with Gasteiger partial charge in [0.25, 0.3) is 0 Å². The van der Waals surface area contributed by atoms with Crippen LogP contribution in [-0.2, 0) is 19.6 Å². The van der Waals surface area contributed by atoms with Gasteiger partial charge in [-0.1, -0.05) is 35.8 Å². The Morgan fingerprint density at radius 1 is 0.966 bits per heavy atom. The Morgan fingerprint density at radius 2 is 1.52 bits per heavy atom. The van der Waals surface area contributed by atoms with Crippen molar-refractivity contribution in [1.29, 1.82) is 0 Å². The van der Waals surface area contributed by atoms with Crippen LogP contribution < -0.4 is 0 Å². The number of hydrogen-bond donors (Lipinski definition) is 0. The van der Waals surface area contributed by atoms with Crippen LogP contribution in [0.5, 0.6) is 0 Å². The number of amides is 2. The molecule has 0 bridgehead atoms. The second-order valence-corrected chi connectivity index (χ2v) is 9.77. The molecule has 0 unspecified atom stereocenters. The number of piperazine rings is 1. The third-order valence-corrected chi connectivity index (χ3v) is 8.25. The van der Waals surface area contributed by atoms with Crippen LogP contribution in [0.25, 0.3) is 0 Å². The average molecular weight is 460 g/mol. The highest BCUT2D eigenvalue weighted by atomic mass is 35.5. The van der Waals surface area contributed by atoms with E-state index in [2.05, 4.69) is 6.58 Å². The first kappa shape index (κ1) is 22.1. The molecular weight excluding hydrogens is 437 g/mol. The predicted octanol–water partition coefficient (Wildman–Crippen LogP) is 2.25. The van der Waals surface area contributed by atoms with E-state index >= 15 is 0 Å². The Hall–Kier alpha value is -1.61. The van der Waals surface area contributed by atoms with Crippen LogP contribution in [0.4, 0.5) is 0 Å². The highest BCUT2D eigenvalue weighted by Crippen LogP contribution is 2.32. The second kappa shape index (κ2) is 9.04. The van der Waals surface area contributed by atoms with E-state index in [4.69, 9.17) is 23.2 Å². The summed E-state index contributed by atoms with van der Waals surface area (Å²) in [5.74, 6) is -0.249. The molecule has 0 atom stereocenters. The van der Waals surface area contributed by atoms with Crippen molar-refractivity contribution in [3.8, 4) is 0 Å². The zero-order chi connectivity index (χ0) is 21.2. The van der Waals surface area contributed by atoms with Gasteiger partial charge in [0.1, 0.15) is 4.90 Å². The standard InChI is InChI=1S/C19H23Cl2N3O4S/c1-2-17(25)22-8-6-14(7-9-22)19(26)23-10-12-24(13-11-23)29(27,28)18-15(20)4-3-5-16(18)21/h2-5,14H,1,6-13H2. The van der Waals surface area contributed by atoms with Gasteiger partial charge < -0.3 is 9.80 Å². The maximum atomic E-state index is 12.9. The molecule has 3 rings (SSSR count). The number of benzene rings is 1. The number of nitrogens with zero attached hydrogens (tertiary/aromatic N) is 3. The molecule has 0 N–H and O–H groups in total. The van der Waals surface area contributed by atoms with Gasteiger partial charge in [0.15, 0.2) is 0 Å². The van der Waals surface area contributed by atoms with E-state index in [0.29, 0.717) is 39.0 Å². The molecule has 0 saturated carbocycles. The lowest BCUT2D eigenvalue weighted by Gasteiger charge is -2.38. The minimum Gasteiger partial charge on any atom is -0.340 e. The van der Waals surface area contributed by atoms with Crippen molar-refractivity contribution in [3.63, 3.8) is 0 Å². The first-order chi connectivity index (χ1) is 13.8. The van der Waals surface area contributed by atoms with Crippen molar-refractivity contribution in [2.24, 2.45) is 5.92 Å². The van der Waals surface area contributed by atoms with Crippen molar-refractivity contribution >= 4 is 45.0 Å². The number of piperidine rings is 1. The molecule has 0 spiro atoms. The third kappa shape index (κ3) is 4.60. The molecule has 0 aromatic heterocycles. The van der Waals surface area contributed by atoms with Gasteiger partial charge in [-0.3, -0.25) is 9.59 Å². The van der Waals surface area contributed by atoms with E-state index in [1.54, 1.807) is 15.9 Å². The molecule has 0 radical (unpaired) electrons. The molecule has 0 aliphatic carbocycles. The van der Waals surface area contributed by atoms with E-state index in [1.165, 1.54) is 22.5 Å². The lowest BCUT2D eigenvalue weighted by molar-refractivity contribution is -0.140. The molecule has 7 nitrogen and oxygen atoms in total. The molecule has 2 aliphatic heterocycles. The smallest absolute Gasteiger partial charge is 0.246 e. The van der Waals surface area contributed by atoms with Crippen LogP contribution in [0.3, 0.4) is 0 Å². The van der Waals surface area contributed by atoms with Gasteiger partial charge in [-0.2, -0.15) is 4.31 Å². The molecule has 2 amide bonds. The minimum absolute atomic E-state index is 0.0172. The quantitative estimate of drug-likeness (QED) is 0.646. The van der Waals surface area contributed by atoms with Crippen LogP contribution >= 0.6 is 23.2 Å². The topological polar surface area (TPSA) is 78.0 Å². The summed E-state index contributed by atoms with van der Waals surface area (Å²) in [4.78, 5) is 27.8. The Bertz CT molecular complexity index is 886. The van der Waals surface area contributed by atoms with Gasteiger partial charge in [0.05, 0.1) is 10.0 Å². The number of likely N-dealkylation sites (tertiary alicyclic amines) is 1. The monoisotopic (exact) mass is 459 g/mol. The summed E-state index contributed by atoms with van der Waals surface area (Å²) >= 11 is 12.1. The fourth-order valence-electron chi connectivity index (χ4n) is 3.74. The lowest BCUT2D eigenvalue weighted by Crippen LogP contribution is -2.53. The van der Waals surface area contributed by atoms with Gasteiger partial charge in [0, 0.05) is 45.2 Å². The molecule has 1 aromatic rings. The number of rotatable bonds is 4. The highest BCUT2D eigenvalue weighted by Gasteiger charge is 2.35. The molecule has 2 saturated heterocycles. The lowest BCUT2D eigenvalue weighted by atomic mass is 9.95. The average Bonchev–Trinajstić information content (AvgIpc) is 2.72. The molecule has 10 heteroatoms. The molecule has 1 aromatic carbocycles. The van der Waals surface area contributed by atoms with Crippen molar-refractivity contribution in [2.45, 2.75) is 17.7 Å². The van der Waals surface area contributed by atoms with Crippen LogP contribution in [0.15, 0.2) is 35.7 Å². The van der Waals surface area contributed by atoms with Gasteiger partial charge in [-0.15, -0.1) is 0 Å². The first-order valence-corrected chi connectivity index (χ1v) is 11.6. The zero-order valence-electron chi connectivity index (χ0n) is 15.9. The molecule has 29 heavy (non-hydrogen) atoms. The maximum absolute atomic E-state index is 12.9. The summed E-state index contributed by atoms with van der Waals surface area (Å²) in [7, 11) is -3.84. The van der Waals surface area contributed by atoms with E-state index in [1.807, 2.05) is 0 Å². The van der Waals surface area contributed by atoms with E-state index in [9.17, 15) is 18.0 Å². The summed E-state index contributed by atoms with van der Waals surface area (Å²) in [6.45, 7) is 5.53. The van der Waals surface area contributed by atoms with Crippen molar-refractivity contribution in [3.05, 3.63) is 40.9 Å². The van der Waals surface area contributed by atoms with Gasteiger partial charge in [-0.25, -0.2) is 8.42 Å². The number of hydrogen-bond acceptors (Lipinski definition) is 4. The van der Waals surface area contributed by atoms with Crippen molar-refractivity contribution in [2.75, 3.05) is 39.3 Å². The molecule has 2 heterocycles. The van der Waals surface area contributed by atoms with Crippen molar-refractivity contribution < 1.29 is 18.0 Å². The van der Waals surface area contributed by atoms with Crippen molar-refractivity contribution in [1.82, 2.24) is 14.1 Å². The molecule has 2 fully saturated rings. The molecule has 2 aliphatic rings. The van der Waals surface area contributed by atoms with E-state index in [-0.39, 0.29) is 45.8 Å². The minimum atomic E-state index is -3.84. The third-order valence-electron chi connectivity index (χ3n) is 5.40. The SMILES string of the molecule is C=CC(=O)N1CCC(C(=O)N2CCN(S(=O)(=O)c3c(Cl)cccc3Cl)CC2)CC1. The van der Waals surface area contributed by atoms with Gasteiger partial charge in [0.2, 0.25) is 21.8 Å².